The second-order valence-corrected chi connectivity index (χ2v) is 6.39. The van der Waals surface area contributed by atoms with Crippen LogP contribution in [-0.4, -0.2) is 59.2 Å². The van der Waals surface area contributed by atoms with Crippen molar-refractivity contribution in [3.8, 4) is 0 Å². The fourth-order valence-corrected chi connectivity index (χ4v) is 3.58. The van der Waals surface area contributed by atoms with E-state index >= 15 is 0 Å². The van der Waals surface area contributed by atoms with Crippen molar-refractivity contribution in [3.63, 3.8) is 0 Å². The van der Waals surface area contributed by atoms with Gasteiger partial charge in [-0.1, -0.05) is 0 Å². The molecule has 23 heavy (non-hydrogen) atoms. The molecule has 1 amide bonds. The topological polar surface area (TPSA) is 96.4 Å². The van der Waals surface area contributed by atoms with Crippen LogP contribution in [0.4, 0.5) is 0 Å². The maximum Gasteiger partial charge on any atom is 0.328 e. The summed E-state index contributed by atoms with van der Waals surface area (Å²) in [5.41, 5.74) is -0.935. The van der Waals surface area contributed by atoms with Gasteiger partial charge < -0.3 is 19.5 Å². The van der Waals surface area contributed by atoms with E-state index in [9.17, 15) is 14.4 Å². The summed E-state index contributed by atoms with van der Waals surface area (Å²) in [4.78, 5) is 39.1. The number of aryl methyl sites for hydroxylation is 1. The lowest BCUT2D eigenvalue weighted by Crippen LogP contribution is -2.69. The Hall–Kier alpha value is -1.93. The van der Waals surface area contributed by atoms with Gasteiger partial charge in [-0.25, -0.2) is 4.79 Å². The van der Waals surface area contributed by atoms with Gasteiger partial charge in [0.15, 0.2) is 0 Å². The first-order valence-electron chi connectivity index (χ1n) is 7.84. The largest absolute Gasteiger partial charge is 0.376 e. The van der Waals surface area contributed by atoms with E-state index in [-0.39, 0.29) is 37.1 Å². The van der Waals surface area contributed by atoms with Gasteiger partial charge >= 0.3 is 5.69 Å². The molecule has 0 spiro atoms. The van der Waals surface area contributed by atoms with Crippen molar-refractivity contribution in [1.82, 2.24) is 19.8 Å². The van der Waals surface area contributed by atoms with Crippen molar-refractivity contribution in [2.24, 2.45) is 5.92 Å². The van der Waals surface area contributed by atoms with E-state index in [1.54, 1.807) is 0 Å². The molecular weight excluding hydrogens is 300 g/mol. The summed E-state index contributed by atoms with van der Waals surface area (Å²) in [7, 11) is 3.98. The Labute approximate surface area is 133 Å². The molecule has 2 N–H and O–H groups in total. The van der Waals surface area contributed by atoms with E-state index in [4.69, 9.17) is 4.74 Å². The van der Waals surface area contributed by atoms with Crippen LogP contribution in [0.1, 0.15) is 12.8 Å². The lowest BCUT2D eigenvalue weighted by molar-refractivity contribution is -0.128. The third kappa shape index (κ3) is 3.09. The van der Waals surface area contributed by atoms with Crippen LogP contribution in [0.15, 0.2) is 21.9 Å². The zero-order valence-electron chi connectivity index (χ0n) is 13.3. The highest BCUT2D eigenvalue weighted by Gasteiger charge is 2.55. The molecule has 1 saturated heterocycles. The maximum absolute atomic E-state index is 12.2. The number of aromatic amines is 1. The third-order valence-corrected chi connectivity index (χ3v) is 4.75. The molecule has 3 rings (SSSR count). The molecule has 2 aliphatic rings. The normalized spacial score (nSPS) is 29.2. The van der Waals surface area contributed by atoms with Gasteiger partial charge in [-0.05, 0) is 20.5 Å². The Kier molecular flexibility index (Phi) is 4.36. The molecule has 1 aliphatic heterocycles. The molecular formula is C15H22N4O4. The molecule has 8 heteroatoms. The fraction of sp³-hybridized carbons (Fsp3) is 0.667. The van der Waals surface area contributed by atoms with Gasteiger partial charge in [0.1, 0.15) is 0 Å². The van der Waals surface area contributed by atoms with Crippen LogP contribution in [-0.2, 0) is 16.1 Å². The predicted molar refractivity (Wildman–Crippen MR) is 83.2 cm³/mol. The number of nitrogens with zero attached hydrogens (tertiary/aromatic N) is 2. The zero-order chi connectivity index (χ0) is 16.6. The smallest absolute Gasteiger partial charge is 0.328 e. The molecule has 8 nitrogen and oxygen atoms in total. The molecule has 4 atom stereocenters. The number of nitrogens with one attached hydrogen (secondary N) is 2. The van der Waals surface area contributed by atoms with E-state index in [0.29, 0.717) is 5.92 Å². The molecule has 2 heterocycles. The van der Waals surface area contributed by atoms with E-state index in [2.05, 4.69) is 15.2 Å². The molecule has 0 aromatic carbocycles. The molecule has 2 fully saturated rings. The molecule has 126 valence electrons. The summed E-state index contributed by atoms with van der Waals surface area (Å²) in [6.07, 6.45) is 2.78. The number of H-pyrrole nitrogens is 1. The summed E-state index contributed by atoms with van der Waals surface area (Å²) in [5, 5.41) is 3.07. The first kappa shape index (κ1) is 15.9. The number of amides is 1. The average molecular weight is 322 g/mol. The first-order valence-corrected chi connectivity index (χ1v) is 7.84. The molecule has 1 saturated carbocycles. The Balaban J connectivity index is 1.57. The van der Waals surface area contributed by atoms with Gasteiger partial charge in [-0.3, -0.25) is 14.6 Å². The predicted octanol–water partition coefficient (Wildman–Crippen LogP) is -1.24. The highest BCUT2D eigenvalue weighted by Crippen LogP contribution is 2.41. The second kappa shape index (κ2) is 6.29. The first-order chi connectivity index (χ1) is 11.0. The van der Waals surface area contributed by atoms with Gasteiger partial charge in [-0.2, -0.15) is 0 Å². The highest BCUT2D eigenvalue weighted by molar-refractivity contribution is 5.76. The number of hydrogen-bond acceptors (Lipinski definition) is 5. The number of rotatable bonds is 5. The Morgan fingerprint density at radius 1 is 1.48 bits per heavy atom. The van der Waals surface area contributed by atoms with Crippen molar-refractivity contribution in [1.29, 1.82) is 0 Å². The maximum atomic E-state index is 12.2. The number of carbonyl (C=O) groups is 1. The van der Waals surface area contributed by atoms with Crippen LogP contribution in [0.5, 0.6) is 0 Å². The minimum atomic E-state index is -0.496. The molecule has 0 unspecified atom stereocenters. The van der Waals surface area contributed by atoms with E-state index in [1.807, 2.05) is 14.1 Å². The number of likely N-dealkylation sites (N-methyl/N-ethyl adjacent to an activating group) is 1. The van der Waals surface area contributed by atoms with Crippen LogP contribution >= 0.6 is 0 Å². The van der Waals surface area contributed by atoms with Crippen molar-refractivity contribution in [2.75, 3.05) is 20.7 Å². The number of carbonyl (C=O) groups excluding carboxylic acids is 1. The Morgan fingerprint density at radius 2 is 2.26 bits per heavy atom. The van der Waals surface area contributed by atoms with Gasteiger partial charge in [0.2, 0.25) is 5.91 Å². The van der Waals surface area contributed by atoms with E-state index in [1.165, 1.54) is 16.8 Å². The summed E-state index contributed by atoms with van der Waals surface area (Å²) in [6, 6.07) is 1.56. The Bertz CT molecular complexity index is 695. The number of aromatic nitrogens is 2. The highest BCUT2D eigenvalue weighted by atomic mass is 16.5. The lowest BCUT2D eigenvalue weighted by Gasteiger charge is -2.50. The van der Waals surface area contributed by atoms with Gasteiger partial charge in [0, 0.05) is 37.8 Å². The van der Waals surface area contributed by atoms with Crippen LogP contribution < -0.4 is 16.6 Å². The second-order valence-electron chi connectivity index (χ2n) is 6.39. The average Bonchev–Trinajstić information content (AvgIpc) is 2.87. The number of fused-ring (bicyclic) bond motifs is 1. The summed E-state index contributed by atoms with van der Waals surface area (Å²) < 4.78 is 7.05. The molecule has 0 bridgehead atoms. The van der Waals surface area contributed by atoms with Crippen LogP contribution in [0.3, 0.4) is 0 Å². The van der Waals surface area contributed by atoms with Crippen molar-refractivity contribution in [2.45, 2.75) is 37.6 Å². The monoisotopic (exact) mass is 322 g/mol. The summed E-state index contributed by atoms with van der Waals surface area (Å²) in [5.74, 6) is 0.285. The van der Waals surface area contributed by atoms with Gasteiger partial charge in [0.25, 0.3) is 5.56 Å². The van der Waals surface area contributed by atoms with Crippen LogP contribution in [0.2, 0.25) is 0 Å². The van der Waals surface area contributed by atoms with Gasteiger partial charge in [-0.15, -0.1) is 0 Å². The van der Waals surface area contributed by atoms with Crippen molar-refractivity contribution >= 4 is 5.91 Å². The molecule has 1 aliphatic carbocycles. The van der Waals surface area contributed by atoms with E-state index in [0.717, 1.165) is 13.0 Å². The quantitative estimate of drug-likeness (QED) is 0.707. The summed E-state index contributed by atoms with van der Waals surface area (Å²) in [6.45, 7) is 0.990. The molecule has 1 aromatic rings. The molecule has 0 radical (unpaired) electrons. The number of hydrogen-bond donors (Lipinski definition) is 2. The minimum Gasteiger partial charge on any atom is -0.376 e. The van der Waals surface area contributed by atoms with Crippen LogP contribution in [0.25, 0.3) is 0 Å². The standard InChI is InChI=1S/C15H22N4O4/c1-18(2)13-12(9-5-8-23-14(9)13)16-10(20)3-6-19-7-4-11(21)17-15(19)22/h4,7,9,12-14H,3,5-6,8H2,1-2H3,(H,16,20)(H,17,21,22)/t9-,12+,13-,14-/m1/s1. The Morgan fingerprint density at radius 3 is 2.96 bits per heavy atom. The third-order valence-electron chi connectivity index (χ3n) is 4.75. The van der Waals surface area contributed by atoms with Crippen molar-refractivity contribution < 1.29 is 9.53 Å². The zero-order valence-corrected chi connectivity index (χ0v) is 13.3. The van der Waals surface area contributed by atoms with E-state index < -0.39 is 11.2 Å². The van der Waals surface area contributed by atoms with Crippen molar-refractivity contribution in [3.05, 3.63) is 33.1 Å². The number of ether oxygens (including phenoxy) is 1. The minimum absolute atomic E-state index is 0.0923. The SMILES string of the molecule is CN(C)[C@@H]1[C@@H](NC(=O)CCn2ccc(=O)[nH]c2=O)[C@H]2CCO[C@H]21. The lowest BCUT2D eigenvalue weighted by atomic mass is 9.71. The summed E-state index contributed by atoms with van der Waals surface area (Å²) >= 11 is 0. The van der Waals surface area contributed by atoms with Crippen LogP contribution in [0, 0.1) is 5.92 Å². The van der Waals surface area contributed by atoms with Gasteiger partial charge in [0.05, 0.1) is 18.2 Å². The fourth-order valence-electron chi connectivity index (χ4n) is 3.58. The molecule has 1 aromatic heterocycles.